The molecule has 1 aromatic heterocycles. The van der Waals surface area contributed by atoms with Crippen LogP contribution in [0.15, 0.2) is 73.1 Å². The minimum absolute atomic E-state index is 0.0457. The molecule has 0 atom stereocenters. The molecule has 0 aliphatic heterocycles. The molecule has 0 saturated carbocycles. The molecule has 7 nitrogen and oxygen atoms in total. The van der Waals surface area contributed by atoms with Gasteiger partial charge in [-0.3, -0.25) is 19.6 Å². The molecule has 0 radical (unpaired) electrons. The third kappa shape index (κ3) is 4.21. The third-order valence-corrected chi connectivity index (χ3v) is 3.71. The summed E-state index contributed by atoms with van der Waals surface area (Å²) in [5.41, 5.74) is 1.90. The van der Waals surface area contributed by atoms with Crippen molar-refractivity contribution in [1.82, 2.24) is 9.78 Å². The highest BCUT2D eigenvalue weighted by Gasteiger charge is 2.10. The van der Waals surface area contributed by atoms with Crippen LogP contribution >= 0.6 is 0 Å². The quantitative estimate of drug-likeness (QED) is 0.419. The molecular weight excluding hydrogens is 332 g/mol. The molecular formula is C19H16N4O3. The summed E-state index contributed by atoms with van der Waals surface area (Å²) in [4.78, 5) is 22.8. The molecule has 0 spiro atoms. The molecule has 130 valence electrons. The van der Waals surface area contributed by atoms with Gasteiger partial charge in [0.05, 0.1) is 17.0 Å². The summed E-state index contributed by atoms with van der Waals surface area (Å²) in [6.07, 6.45) is 6.25. The minimum Gasteiger partial charge on any atom is -0.322 e. The number of carbonyl (C=O) groups excluding carboxylic acids is 1. The SMILES string of the molecule is O=C(/C=C/c1ccccc1[N+](=O)[O-])Nc1ccccc1Cn1cccn1. The average Bonchev–Trinajstić information content (AvgIpc) is 3.15. The van der Waals surface area contributed by atoms with Crippen molar-refractivity contribution < 1.29 is 9.72 Å². The number of benzene rings is 2. The Balaban J connectivity index is 1.74. The second-order valence-corrected chi connectivity index (χ2v) is 5.50. The summed E-state index contributed by atoms with van der Waals surface area (Å²) in [5, 5.41) is 18.0. The van der Waals surface area contributed by atoms with Crippen LogP contribution in [-0.4, -0.2) is 20.6 Å². The summed E-state index contributed by atoms with van der Waals surface area (Å²) in [5.74, 6) is -0.365. The van der Waals surface area contributed by atoms with E-state index in [1.807, 2.05) is 30.5 Å². The van der Waals surface area contributed by atoms with Crippen LogP contribution in [0, 0.1) is 10.1 Å². The van der Waals surface area contributed by atoms with Gasteiger partial charge < -0.3 is 5.32 Å². The van der Waals surface area contributed by atoms with Crippen LogP contribution in [0.4, 0.5) is 11.4 Å². The van der Waals surface area contributed by atoms with Gasteiger partial charge in [-0.05, 0) is 29.8 Å². The number of rotatable bonds is 6. The van der Waals surface area contributed by atoms with E-state index in [1.54, 1.807) is 35.1 Å². The predicted molar refractivity (Wildman–Crippen MR) is 98.5 cm³/mol. The molecule has 2 aromatic carbocycles. The number of aromatic nitrogens is 2. The Morgan fingerprint density at radius 3 is 2.69 bits per heavy atom. The first-order chi connectivity index (χ1) is 12.6. The Labute approximate surface area is 149 Å². The zero-order chi connectivity index (χ0) is 18.4. The van der Waals surface area contributed by atoms with Crippen molar-refractivity contribution in [3.63, 3.8) is 0 Å². The number of hydrogen-bond donors (Lipinski definition) is 1. The smallest absolute Gasteiger partial charge is 0.276 e. The maximum absolute atomic E-state index is 12.2. The zero-order valence-electron chi connectivity index (χ0n) is 13.8. The van der Waals surface area contributed by atoms with Crippen LogP contribution in [0.25, 0.3) is 6.08 Å². The largest absolute Gasteiger partial charge is 0.322 e. The van der Waals surface area contributed by atoms with E-state index >= 15 is 0 Å². The van der Waals surface area contributed by atoms with Crippen molar-refractivity contribution in [3.8, 4) is 0 Å². The Morgan fingerprint density at radius 2 is 1.92 bits per heavy atom. The van der Waals surface area contributed by atoms with Gasteiger partial charge in [-0.1, -0.05) is 30.3 Å². The van der Waals surface area contributed by atoms with E-state index in [0.29, 0.717) is 17.8 Å². The van der Waals surface area contributed by atoms with E-state index in [9.17, 15) is 14.9 Å². The molecule has 0 aliphatic rings. The maximum atomic E-state index is 12.2. The minimum atomic E-state index is -0.475. The van der Waals surface area contributed by atoms with Gasteiger partial charge in [-0.2, -0.15) is 5.10 Å². The summed E-state index contributed by atoms with van der Waals surface area (Å²) in [6.45, 7) is 0.525. The summed E-state index contributed by atoms with van der Waals surface area (Å²) >= 11 is 0. The lowest BCUT2D eigenvalue weighted by Gasteiger charge is -2.10. The fourth-order valence-electron chi connectivity index (χ4n) is 2.48. The number of nitrogens with zero attached hydrogens (tertiary/aromatic N) is 3. The third-order valence-electron chi connectivity index (χ3n) is 3.71. The number of amides is 1. The normalized spacial score (nSPS) is 10.8. The number of para-hydroxylation sites is 2. The number of anilines is 1. The summed E-state index contributed by atoms with van der Waals surface area (Å²) < 4.78 is 1.76. The van der Waals surface area contributed by atoms with Crippen molar-refractivity contribution in [2.45, 2.75) is 6.54 Å². The zero-order valence-corrected chi connectivity index (χ0v) is 13.8. The van der Waals surface area contributed by atoms with Crippen molar-refractivity contribution in [2.24, 2.45) is 0 Å². The van der Waals surface area contributed by atoms with Crippen LogP contribution in [0.2, 0.25) is 0 Å². The van der Waals surface area contributed by atoms with E-state index < -0.39 is 4.92 Å². The molecule has 0 fully saturated rings. The van der Waals surface area contributed by atoms with Crippen LogP contribution < -0.4 is 5.32 Å². The van der Waals surface area contributed by atoms with Gasteiger partial charge in [0.15, 0.2) is 0 Å². The molecule has 1 N–H and O–H groups in total. The molecule has 0 unspecified atom stereocenters. The monoisotopic (exact) mass is 348 g/mol. The van der Waals surface area contributed by atoms with Crippen molar-refractivity contribution >= 4 is 23.4 Å². The van der Waals surface area contributed by atoms with Crippen LogP contribution in [0.3, 0.4) is 0 Å². The standard InChI is InChI=1S/C19H16N4O3/c24-19(11-10-15-6-2-4-9-18(15)23(25)26)21-17-8-3-1-7-16(17)14-22-13-5-12-20-22/h1-13H,14H2,(H,21,24)/b11-10+. The van der Waals surface area contributed by atoms with Gasteiger partial charge in [0.1, 0.15) is 0 Å². The van der Waals surface area contributed by atoms with Crippen molar-refractivity contribution in [1.29, 1.82) is 0 Å². The lowest BCUT2D eigenvalue weighted by Crippen LogP contribution is -2.11. The van der Waals surface area contributed by atoms with Gasteiger partial charge in [-0.25, -0.2) is 0 Å². The molecule has 0 bridgehead atoms. The highest BCUT2D eigenvalue weighted by molar-refractivity contribution is 6.02. The number of carbonyl (C=O) groups is 1. The van der Waals surface area contributed by atoms with E-state index in [0.717, 1.165) is 5.56 Å². The first kappa shape index (κ1) is 17.1. The van der Waals surface area contributed by atoms with Gasteiger partial charge in [0.2, 0.25) is 5.91 Å². The van der Waals surface area contributed by atoms with Gasteiger partial charge in [0, 0.05) is 30.2 Å². The Morgan fingerprint density at radius 1 is 1.15 bits per heavy atom. The first-order valence-electron chi connectivity index (χ1n) is 7.91. The fourth-order valence-corrected chi connectivity index (χ4v) is 2.48. The van der Waals surface area contributed by atoms with Crippen molar-refractivity contribution in [3.05, 3.63) is 94.3 Å². The number of hydrogen-bond acceptors (Lipinski definition) is 4. The molecule has 1 amide bonds. The molecule has 3 rings (SSSR count). The summed E-state index contributed by atoms with van der Waals surface area (Å²) in [7, 11) is 0. The number of nitrogens with one attached hydrogen (secondary N) is 1. The molecule has 1 heterocycles. The van der Waals surface area contributed by atoms with Gasteiger partial charge in [0.25, 0.3) is 5.69 Å². The van der Waals surface area contributed by atoms with E-state index in [1.165, 1.54) is 18.2 Å². The number of nitro groups is 1. The van der Waals surface area contributed by atoms with E-state index in [-0.39, 0.29) is 11.6 Å². The average molecular weight is 348 g/mol. The Hall–Kier alpha value is -3.74. The van der Waals surface area contributed by atoms with Crippen molar-refractivity contribution in [2.75, 3.05) is 5.32 Å². The second kappa shape index (κ2) is 7.89. The highest BCUT2D eigenvalue weighted by Crippen LogP contribution is 2.20. The maximum Gasteiger partial charge on any atom is 0.276 e. The van der Waals surface area contributed by atoms with Gasteiger partial charge >= 0.3 is 0 Å². The Bertz CT molecular complexity index is 949. The fraction of sp³-hybridized carbons (Fsp3) is 0.0526. The molecule has 0 aliphatic carbocycles. The summed E-state index contributed by atoms with van der Waals surface area (Å²) in [6, 6.07) is 15.5. The molecule has 3 aromatic rings. The van der Waals surface area contributed by atoms with E-state index in [2.05, 4.69) is 10.4 Å². The molecule has 0 saturated heterocycles. The highest BCUT2D eigenvalue weighted by atomic mass is 16.6. The Kier molecular flexibility index (Phi) is 5.19. The lowest BCUT2D eigenvalue weighted by atomic mass is 10.1. The molecule has 26 heavy (non-hydrogen) atoms. The van der Waals surface area contributed by atoms with Crippen LogP contribution in [-0.2, 0) is 11.3 Å². The van der Waals surface area contributed by atoms with E-state index in [4.69, 9.17) is 0 Å². The van der Waals surface area contributed by atoms with Crippen LogP contribution in [0.1, 0.15) is 11.1 Å². The predicted octanol–water partition coefficient (Wildman–Crippen LogP) is 3.49. The topological polar surface area (TPSA) is 90.1 Å². The molecule has 7 heteroatoms. The lowest BCUT2D eigenvalue weighted by molar-refractivity contribution is -0.385. The second-order valence-electron chi connectivity index (χ2n) is 5.50. The first-order valence-corrected chi connectivity index (χ1v) is 7.91. The van der Waals surface area contributed by atoms with Gasteiger partial charge in [-0.15, -0.1) is 0 Å². The number of nitro benzene ring substituents is 1. The van der Waals surface area contributed by atoms with Crippen LogP contribution in [0.5, 0.6) is 0 Å².